The largest absolute Gasteiger partial charge is 0.506 e. The molecule has 0 unspecified atom stereocenters. The van der Waals surface area contributed by atoms with Gasteiger partial charge in [0.25, 0.3) is 17.7 Å². The van der Waals surface area contributed by atoms with Gasteiger partial charge in [0.05, 0.1) is 73.3 Å². The highest BCUT2D eigenvalue weighted by molar-refractivity contribution is 9.11. The van der Waals surface area contributed by atoms with Gasteiger partial charge in [-0.1, -0.05) is 186 Å². The molecule has 10 aromatic rings. The Labute approximate surface area is 702 Å². The van der Waals surface area contributed by atoms with E-state index in [4.69, 9.17) is 41.0 Å². The first-order chi connectivity index (χ1) is 53.3. The number of phenols is 1. The van der Waals surface area contributed by atoms with Crippen molar-refractivity contribution in [1.29, 1.82) is 15.8 Å². The van der Waals surface area contributed by atoms with Crippen molar-refractivity contribution in [3.05, 3.63) is 287 Å². The first-order valence-electron chi connectivity index (χ1n) is 33.5. The number of nitrogens with zero attached hydrogens (tertiary/aromatic N) is 4. The highest BCUT2D eigenvalue weighted by atomic mass is 79.9. The lowest BCUT2D eigenvalue weighted by Gasteiger charge is -2.11. The van der Waals surface area contributed by atoms with Crippen molar-refractivity contribution in [2.45, 2.75) is 55.2 Å². The number of allylic oxidation sites excluding steroid dienone is 2. The lowest BCUT2D eigenvalue weighted by atomic mass is 10.1. The van der Waals surface area contributed by atoms with Gasteiger partial charge in [0.2, 0.25) is 0 Å². The maximum atomic E-state index is 12.5. The van der Waals surface area contributed by atoms with Crippen LogP contribution in [0.15, 0.2) is 214 Å². The Kier molecular flexibility index (Phi) is 36.2. The number of para-hydroxylation sites is 4. The fourth-order valence-corrected chi connectivity index (χ4v) is 13.6. The predicted molar refractivity (Wildman–Crippen MR) is 468 cm³/mol. The molecule has 6 N–H and O–H groups in total. The number of aliphatic hydroxyl groups excluding tert-OH is 1. The van der Waals surface area contributed by atoms with E-state index in [-0.39, 0.29) is 42.6 Å². The zero-order valence-electron chi connectivity index (χ0n) is 61.3. The molecule has 1 aliphatic rings. The topological polar surface area (TPSA) is 291 Å². The van der Waals surface area contributed by atoms with Gasteiger partial charge in [0.1, 0.15) is 74.0 Å². The molecule has 3 amide bonds. The molecule has 112 heavy (non-hydrogen) atoms. The number of rotatable bonds is 20. The van der Waals surface area contributed by atoms with Crippen LogP contribution in [0.5, 0.6) is 34.5 Å². The van der Waals surface area contributed by atoms with Crippen LogP contribution in [0.4, 0.5) is 5.69 Å². The summed E-state index contributed by atoms with van der Waals surface area (Å²) in [6.07, 6.45) is 9.78. The summed E-state index contributed by atoms with van der Waals surface area (Å²) < 4.78 is 31.3. The van der Waals surface area contributed by atoms with E-state index in [1.165, 1.54) is 23.9 Å². The molecule has 0 radical (unpaired) electrons. The number of aromatic amines is 1. The predicted octanol–water partition coefficient (Wildman–Crippen LogP) is 20.8. The molecule has 0 saturated carbocycles. The zero-order valence-corrected chi connectivity index (χ0v) is 70.9. The summed E-state index contributed by atoms with van der Waals surface area (Å²) in [7, 11) is 6.41. The number of ketones is 1. The molecule has 2 heterocycles. The summed E-state index contributed by atoms with van der Waals surface area (Å²) in [5.41, 5.74) is 12.6. The number of ether oxygens (including phenoxy) is 5. The van der Waals surface area contributed by atoms with Crippen LogP contribution < -0.4 is 39.6 Å². The molecule has 26 heteroatoms. The van der Waals surface area contributed by atoms with Gasteiger partial charge in [-0.25, -0.2) is 4.98 Å². The highest BCUT2D eigenvalue weighted by Gasteiger charge is 2.23. The lowest BCUT2D eigenvalue weighted by molar-refractivity contribution is -0.117. The van der Waals surface area contributed by atoms with Gasteiger partial charge in [-0.3, -0.25) is 19.2 Å². The number of benzene rings is 9. The van der Waals surface area contributed by atoms with Gasteiger partial charge < -0.3 is 54.8 Å². The minimum absolute atomic E-state index is 0. The summed E-state index contributed by atoms with van der Waals surface area (Å²) in [5, 5.41) is 55.1. The van der Waals surface area contributed by atoms with Crippen molar-refractivity contribution in [2.24, 2.45) is 0 Å². The van der Waals surface area contributed by atoms with Crippen LogP contribution in [-0.4, -0.2) is 83.1 Å². The smallest absolute Gasteiger partial charge is 0.266 e. The summed E-state index contributed by atoms with van der Waals surface area (Å²) in [4.78, 5) is 56.5. The van der Waals surface area contributed by atoms with Crippen molar-refractivity contribution in [3.8, 4) is 52.7 Å². The SMILES string of the molecule is C.CCOc1ccccc1NC(=O)/C(C#N)=C/c1cc(Br)c(C)c(OC)c1.COc1cc(/C=C(\C#N)C(=O)NCc2ccccc2)cc(Br)c1C.COc1cc(/C=C(\C#N)c2nc3ccccc3[nH]2)cc(Br)c1C.COc1cc(/C=C2\SC(=S)NC2=O)cc(Br)c1C.O=C(/C=C/c1cc(Br)c(O)c(CO)c1)c1ccccc1. The number of methoxy groups -OCH3 is 4. The fraction of sp³-hybridized carbons (Fsp3) is 0.151. The highest BCUT2D eigenvalue weighted by Crippen LogP contribution is 2.36. The number of hydrogen-bond acceptors (Lipinski definition) is 17. The number of fused-ring (bicyclic) bond motifs is 1. The Balaban J connectivity index is 0.000000219. The number of thioether (sulfide) groups is 1. The van der Waals surface area contributed by atoms with Crippen LogP contribution in [0.1, 0.15) is 91.7 Å². The molecule has 0 atom stereocenters. The van der Waals surface area contributed by atoms with E-state index in [0.717, 1.165) is 90.5 Å². The number of anilines is 1. The van der Waals surface area contributed by atoms with Crippen LogP contribution in [0, 0.1) is 61.7 Å². The number of aliphatic hydroxyl groups is 1. The molecule has 1 fully saturated rings. The molecule has 11 rings (SSSR count). The number of H-pyrrole nitrogens is 1. The number of aromatic nitrogens is 2. The second kappa shape index (κ2) is 45.0. The third-order valence-electron chi connectivity index (χ3n) is 16.1. The minimum atomic E-state index is -0.504. The van der Waals surface area contributed by atoms with Crippen LogP contribution in [0.3, 0.4) is 0 Å². The van der Waals surface area contributed by atoms with Gasteiger partial charge in [-0.15, -0.1) is 0 Å². The number of aromatic hydroxyl groups is 1. The van der Waals surface area contributed by atoms with Gasteiger partial charge in [-0.2, -0.15) is 15.8 Å². The number of carbonyl (C=O) groups is 4. The molecule has 574 valence electrons. The quantitative estimate of drug-likeness (QED) is 0.0179. The van der Waals surface area contributed by atoms with E-state index >= 15 is 0 Å². The van der Waals surface area contributed by atoms with E-state index in [1.807, 2.05) is 162 Å². The van der Waals surface area contributed by atoms with Crippen LogP contribution in [0.2, 0.25) is 0 Å². The Morgan fingerprint density at radius 1 is 0.589 bits per heavy atom. The summed E-state index contributed by atoms with van der Waals surface area (Å²) in [6.45, 7) is 10.2. The van der Waals surface area contributed by atoms with Crippen molar-refractivity contribution < 1.29 is 53.1 Å². The first-order valence-corrected chi connectivity index (χ1v) is 38.7. The number of hydrogen-bond donors (Lipinski definition) is 6. The molecule has 1 aromatic heterocycles. The number of amides is 3. The Bertz CT molecular complexity index is 5360. The van der Waals surface area contributed by atoms with E-state index in [2.05, 4.69) is 112 Å². The number of nitriles is 3. The summed E-state index contributed by atoms with van der Waals surface area (Å²) in [6, 6.07) is 57.7. The Morgan fingerprint density at radius 3 is 1.55 bits per heavy atom. The summed E-state index contributed by atoms with van der Waals surface area (Å²) >= 11 is 23.3. The normalized spacial score (nSPS) is 11.9. The molecular formula is C86H77Br5N8O11S2. The maximum absolute atomic E-state index is 12.5. The zero-order chi connectivity index (χ0) is 80.8. The number of thiocarbonyl (C=S) groups is 1. The molecule has 1 saturated heterocycles. The molecule has 0 spiro atoms. The number of halogens is 5. The number of carbonyl (C=O) groups excluding carboxylic acids is 4. The third-order valence-corrected chi connectivity index (χ3v) is 21.1. The monoisotopic (exact) mass is 1860 g/mol. The average Bonchev–Trinajstić information content (AvgIpc) is 1.70. The third kappa shape index (κ3) is 25.9. The number of nitrogens with one attached hydrogen (secondary N) is 4. The van der Waals surface area contributed by atoms with Crippen LogP contribution in [-0.2, 0) is 27.5 Å². The molecule has 9 aromatic carbocycles. The van der Waals surface area contributed by atoms with Gasteiger partial charge in [0, 0.05) is 57.8 Å². The molecule has 0 bridgehead atoms. The van der Waals surface area contributed by atoms with Gasteiger partial charge >= 0.3 is 0 Å². The second-order valence-corrected chi connectivity index (χ2v) is 29.6. The molecule has 1 aliphatic heterocycles. The van der Waals surface area contributed by atoms with Gasteiger partial charge in [0.15, 0.2) is 5.78 Å². The minimum Gasteiger partial charge on any atom is -0.506 e. The van der Waals surface area contributed by atoms with E-state index in [9.17, 15) is 40.1 Å². The van der Waals surface area contributed by atoms with Crippen molar-refractivity contribution in [3.63, 3.8) is 0 Å². The summed E-state index contributed by atoms with van der Waals surface area (Å²) in [5.74, 6) is 2.88. The Morgan fingerprint density at radius 2 is 1.06 bits per heavy atom. The van der Waals surface area contributed by atoms with Crippen molar-refractivity contribution in [2.75, 3.05) is 40.4 Å². The molecular weight excluding hydrogens is 1780 g/mol. The molecule has 19 nitrogen and oxygen atoms in total. The van der Waals surface area contributed by atoms with E-state index in [1.54, 1.807) is 107 Å². The fourth-order valence-electron chi connectivity index (χ4n) is 10.2. The first kappa shape index (κ1) is 90.2. The van der Waals surface area contributed by atoms with Gasteiger partial charge in [-0.05, 0) is 199 Å². The average molecular weight is 1860 g/mol. The van der Waals surface area contributed by atoms with Crippen molar-refractivity contribution >= 4 is 184 Å². The van der Waals surface area contributed by atoms with E-state index < -0.39 is 11.8 Å². The Hall–Kier alpha value is -10.7. The standard InChI is InChI=1S/C20H19BrN2O3.C19H17BrN2O2.C18H14BrN3O.C16H13BrO3.C12H10BrNO2S2.CH4/c1-4-26-18-8-6-5-7-17(18)23-20(24)15(12-22)9-14-10-16(21)13(2)19(11-14)25-3;1-13-17(20)9-15(10-18(13)24-2)8-16(11-21)19(23)22-12-14-6-4-3-5-7-14;1-11-14(19)8-12(9-17(11)23-2)7-13(10-20)18-21-15-5-3-4-6-16(15)22-18;17-14-9-11(8-13(10-18)16(14)20)6-7-15(19)12-4-2-1-3-5-12;1-6-8(13)3-7(4-9(6)16-2)5-10-11(15)14-12(17)18-10;/h5-11H,4H2,1-3H3,(H,23,24);3-10H,12H2,1-2H3,(H,22,23);3-9H,1-2H3,(H,21,22);1-9,18,20H,10H2;3-5H,1-2H3,(H,14,15,17);1H4/b15-9+;16-8+;13-7+;7-6+;10-5-;. The lowest BCUT2D eigenvalue weighted by Crippen LogP contribution is -2.23. The van der Waals surface area contributed by atoms with Crippen molar-refractivity contribution in [1.82, 2.24) is 20.6 Å². The number of imidazole rings is 1. The van der Waals surface area contributed by atoms with E-state index in [0.29, 0.717) is 77.9 Å². The van der Waals surface area contributed by atoms with Crippen LogP contribution >= 0.6 is 104 Å². The van der Waals surface area contributed by atoms with Crippen LogP contribution in [0.25, 0.3) is 47.0 Å². The maximum Gasteiger partial charge on any atom is 0.266 e. The second-order valence-electron chi connectivity index (χ2n) is 23.6. The molecule has 0 aliphatic carbocycles.